The van der Waals surface area contributed by atoms with Crippen LogP contribution in [0.2, 0.25) is 0 Å². The fourth-order valence-corrected chi connectivity index (χ4v) is 3.06. The minimum atomic E-state index is -0.625. The Morgan fingerprint density at radius 3 is 2.47 bits per heavy atom. The first-order chi connectivity index (χ1) is 14.2. The molecule has 1 aromatic rings. The summed E-state index contributed by atoms with van der Waals surface area (Å²) in [6.07, 6.45) is 3.98. The highest BCUT2D eigenvalue weighted by Gasteiger charge is 2.23. The van der Waals surface area contributed by atoms with E-state index in [1.807, 2.05) is 24.3 Å². The smallest absolute Gasteiger partial charge is 0.408 e. The molecule has 164 valence electrons. The Morgan fingerprint density at radius 1 is 1.17 bits per heavy atom. The van der Waals surface area contributed by atoms with Crippen LogP contribution >= 0.6 is 0 Å². The van der Waals surface area contributed by atoms with Gasteiger partial charge < -0.3 is 25.0 Å². The van der Waals surface area contributed by atoms with E-state index in [9.17, 15) is 14.4 Å². The molecule has 0 spiro atoms. The van der Waals surface area contributed by atoms with E-state index in [1.54, 1.807) is 44.9 Å². The molecule has 8 heteroatoms. The van der Waals surface area contributed by atoms with Gasteiger partial charge in [0.25, 0.3) is 0 Å². The SMILES string of the molecule is COc1ccccc1/C=C/C(=O)N1CCC(NC(=O)CNC(=O)OC(C)(C)C)CC1. The molecule has 0 aliphatic carbocycles. The van der Waals surface area contributed by atoms with Gasteiger partial charge in [0.15, 0.2) is 0 Å². The zero-order valence-electron chi connectivity index (χ0n) is 18.1. The van der Waals surface area contributed by atoms with Crippen molar-refractivity contribution in [1.82, 2.24) is 15.5 Å². The Hall–Kier alpha value is -3.03. The highest BCUT2D eigenvalue weighted by atomic mass is 16.6. The van der Waals surface area contributed by atoms with Gasteiger partial charge in [0, 0.05) is 30.8 Å². The van der Waals surface area contributed by atoms with Crippen molar-refractivity contribution in [3.63, 3.8) is 0 Å². The van der Waals surface area contributed by atoms with Gasteiger partial charge in [0.1, 0.15) is 17.9 Å². The van der Waals surface area contributed by atoms with E-state index in [-0.39, 0.29) is 24.4 Å². The molecule has 0 saturated carbocycles. The zero-order valence-corrected chi connectivity index (χ0v) is 18.1. The number of hydrogen-bond donors (Lipinski definition) is 2. The predicted molar refractivity (Wildman–Crippen MR) is 114 cm³/mol. The second-order valence-corrected chi connectivity index (χ2v) is 8.10. The molecule has 1 saturated heterocycles. The minimum absolute atomic E-state index is 0.0276. The number of ether oxygens (including phenoxy) is 2. The van der Waals surface area contributed by atoms with Crippen molar-refractivity contribution < 1.29 is 23.9 Å². The minimum Gasteiger partial charge on any atom is -0.496 e. The summed E-state index contributed by atoms with van der Waals surface area (Å²) < 4.78 is 10.4. The van der Waals surface area contributed by atoms with Crippen LogP contribution in [0.15, 0.2) is 30.3 Å². The molecule has 1 fully saturated rings. The van der Waals surface area contributed by atoms with Crippen molar-refractivity contribution in [3.05, 3.63) is 35.9 Å². The summed E-state index contributed by atoms with van der Waals surface area (Å²) in [7, 11) is 1.59. The van der Waals surface area contributed by atoms with Crippen LogP contribution in [0.3, 0.4) is 0 Å². The van der Waals surface area contributed by atoms with Crippen LogP contribution in [-0.2, 0) is 14.3 Å². The number of para-hydroxylation sites is 1. The molecule has 1 aromatic carbocycles. The van der Waals surface area contributed by atoms with Crippen LogP contribution in [0.4, 0.5) is 4.79 Å². The molecule has 1 aliphatic heterocycles. The third kappa shape index (κ3) is 7.77. The number of nitrogens with one attached hydrogen (secondary N) is 2. The molecule has 2 N–H and O–H groups in total. The molecule has 0 atom stereocenters. The molecular weight excluding hydrogens is 386 g/mol. The van der Waals surface area contributed by atoms with Crippen LogP contribution in [0.5, 0.6) is 5.75 Å². The van der Waals surface area contributed by atoms with Crippen molar-refractivity contribution in [3.8, 4) is 5.75 Å². The highest BCUT2D eigenvalue weighted by molar-refractivity contribution is 5.92. The second kappa shape index (κ2) is 10.7. The number of hydrogen-bond acceptors (Lipinski definition) is 5. The van der Waals surface area contributed by atoms with Crippen LogP contribution in [0.1, 0.15) is 39.2 Å². The van der Waals surface area contributed by atoms with Crippen molar-refractivity contribution >= 4 is 24.0 Å². The summed E-state index contributed by atoms with van der Waals surface area (Å²) in [6.45, 7) is 6.24. The topological polar surface area (TPSA) is 97.0 Å². The monoisotopic (exact) mass is 417 g/mol. The molecule has 30 heavy (non-hydrogen) atoms. The van der Waals surface area contributed by atoms with Crippen molar-refractivity contribution in [2.24, 2.45) is 0 Å². The van der Waals surface area contributed by atoms with E-state index in [0.29, 0.717) is 31.7 Å². The van der Waals surface area contributed by atoms with E-state index in [2.05, 4.69) is 10.6 Å². The second-order valence-electron chi connectivity index (χ2n) is 8.10. The number of nitrogens with zero attached hydrogens (tertiary/aromatic N) is 1. The molecule has 0 unspecified atom stereocenters. The molecular formula is C22H31N3O5. The van der Waals surface area contributed by atoms with Gasteiger partial charge in [-0.2, -0.15) is 0 Å². The quantitative estimate of drug-likeness (QED) is 0.693. The van der Waals surface area contributed by atoms with Gasteiger partial charge in [0.05, 0.1) is 7.11 Å². The lowest BCUT2D eigenvalue weighted by Gasteiger charge is -2.31. The molecule has 0 radical (unpaired) electrons. The van der Waals surface area contributed by atoms with Crippen molar-refractivity contribution in [2.75, 3.05) is 26.7 Å². The molecule has 0 bridgehead atoms. The fourth-order valence-electron chi connectivity index (χ4n) is 3.06. The Kier molecular flexibility index (Phi) is 8.26. The van der Waals surface area contributed by atoms with Gasteiger partial charge in [-0.1, -0.05) is 18.2 Å². The first-order valence-corrected chi connectivity index (χ1v) is 10.0. The van der Waals surface area contributed by atoms with E-state index >= 15 is 0 Å². The summed E-state index contributed by atoms with van der Waals surface area (Å²) in [5.41, 5.74) is 0.230. The van der Waals surface area contributed by atoms with Gasteiger partial charge in [-0.25, -0.2) is 4.79 Å². The lowest BCUT2D eigenvalue weighted by atomic mass is 10.0. The number of alkyl carbamates (subject to hydrolysis) is 1. The molecule has 1 heterocycles. The van der Waals surface area contributed by atoms with Crippen LogP contribution in [0, 0.1) is 0 Å². The Morgan fingerprint density at radius 2 is 1.83 bits per heavy atom. The normalized spacial score (nSPS) is 15.0. The maximum absolute atomic E-state index is 12.4. The maximum atomic E-state index is 12.4. The average Bonchev–Trinajstić information content (AvgIpc) is 2.70. The van der Waals surface area contributed by atoms with Gasteiger partial charge in [0.2, 0.25) is 11.8 Å². The van der Waals surface area contributed by atoms with Crippen LogP contribution in [-0.4, -0.2) is 61.2 Å². The first-order valence-electron chi connectivity index (χ1n) is 10.0. The lowest BCUT2D eigenvalue weighted by Crippen LogP contribution is -2.48. The van der Waals surface area contributed by atoms with Crippen molar-refractivity contribution in [2.45, 2.75) is 45.3 Å². The van der Waals surface area contributed by atoms with Gasteiger partial charge in [-0.3, -0.25) is 9.59 Å². The Labute approximate surface area is 177 Å². The van der Waals surface area contributed by atoms with Gasteiger partial charge in [-0.15, -0.1) is 0 Å². The average molecular weight is 418 g/mol. The summed E-state index contributed by atoms with van der Waals surface area (Å²) in [5.74, 6) is 0.363. The number of likely N-dealkylation sites (tertiary alicyclic amines) is 1. The van der Waals surface area contributed by atoms with E-state index in [0.717, 1.165) is 5.56 Å². The molecule has 8 nitrogen and oxygen atoms in total. The largest absolute Gasteiger partial charge is 0.496 e. The van der Waals surface area contributed by atoms with Crippen LogP contribution < -0.4 is 15.4 Å². The number of benzene rings is 1. The van der Waals surface area contributed by atoms with E-state index < -0.39 is 11.7 Å². The summed E-state index contributed by atoms with van der Waals surface area (Å²) in [6, 6.07) is 7.46. The van der Waals surface area contributed by atoms with E-state index in [1.165, 1.54) is 0 Å². The zero-order chi connectivity index (χ0) is 22.1. The number of amides is 3. The number of rotatable bonds is 6. The standard InChI is InChI=1S/C22H31N3O5/c1-22(2,3)30-21(28)23-15-19(26)24-17-11-13-25(14-12-17)20(27)10-9-16-7-5-6-8-18(16)29-4/h5-10,17H,11-15H2,1-4H3,(H,23,28)(H,24,26)/b10-9+. The molecule has 1 aliphatic rings. The van der Waals surface area contributed by atoms with Gasteiger partial charge >= 0.3 is 6.09 Å². The summed E-state index contributed by atoms with van der Waals surface area (Å²) >= 11 is 0. The lowest BCUT2D eigenvalue weighted by molar-refractivity contribution is -0.127. The molecule has 0 aromatic heterocycles. The maximum Gasteiger partial charge on any atom is 0.408 e. The van der Waals surface area contributed by atoms with Crippen LogP contribution in [0.25, 0.3) is 6.08 Å². The highest BCUT2D eigenvalue weighted by Crippen LogP contribution is 2.19. The molecule has 2 rings (SSSR count). The van der Waals surface area contributed by atoms with Crippen molar-refractivity contribution in [1.29, 1.82) is 0 Å². The number of methoxy groups -OCH3 is 1. The number of carbonyl (C=O) groups is 3. The Bertz CT molecular complexity index is 777. The number of piperidine rings is 1. The fraction of sp³-hybridized carbons (Fsp3) is 0.500. The predicted octanol–water partition coefficient (Wildman–Crippen LogP) is 2.34. The summed E-state index contributed by atoms with van der Waals surface area (Å²) in [5, 5.41) is 5.33. The molecule has 3 amide bonds. The Balaban J connectivity index is 1.74. The third-order valence-electron chi connectivity index (χ3n) is 4.51. The number of carbonyl (C=O) groups excluding carboxylic acids is 3. The third-order valence-corrected chi connectivity index (χ3v) is 4.51. The van der Waals surface area contributed by atoms with E-state index in [4.69, 9.17) is 9.47 Å². The van der Waals surface area contributed by atoms with Gasteiger partial charge in [-0.05, 0) is 45.8 Å². The summed E-state index contributed by atoms with van der Waals surface area (Å²) in [4.78, 5) is 37.8. The first kappa shape index (κ1) is 23.3.